The van der Waals surface area contributed by atoms with Gasteiger partial charge in [-0.1, -0.05) is 0 Å². The van der Waals surface area contributed by atoms with Gasteiger partial charge in [-0.05, 0) is 87.5 Å². The Hall–Kier alpha value is -3.42. The van der Waals surface area contributed by atoms with Crippen molar-refractivity contribution < 1.29 is 18.8 Å². The number of aromatic nitrogens is 2. The molecule has 1 amide bonds. The maximum atomic E-state index is 13.2. The van der Waals surface area contributed by atoms with Crippen molar-refractivity contribution in [2.24, 2.45) is 23.2 Å². The van der Waals surface area contributed by atoms with Crippen molar-refractivity contribution in [2.75, 3.05) is 5.32 Å². The Morgan fingerprint density at radius 2 is 1.74 bits per heavy atom. The zero-order chi connectivity index (χ0) is 23.4. The SMILES string of the molecule is Cc1cc2nc(COC(=O)c3ccc(NC(=O)C45CC6CC(CC(C6)C4)C5)cc3)cc(=O)n2o1. The molecule has 0 saturated heterocycles. The zero-order valence-electron chi connectivity index (χ0n) is 19.1. The summed E-state index contributed by atoms with van der Waals surface area (Å²) in [7, 11) is 0. The van der Waals surface area contributed by atoms with Gasteiger partial charge in [0.25, 0.3) is 5.56 Å². The van der Waals surface area contributed by atoms with E-state index in [0.717, 1.165) is 23.8 Å². The van der Waals surface area contributed by atoms with Gasteiger partial charge < -0.3 is 14.6 Å². The van der Waals surface area contributed by atoms with E-state index in [1.54, 1.807) is 37.3 Å². The molecule has 4 fully saturated rings. The fraction of sp³-hybridized carbons (Fsp3) is 0.462. The van der Waals surface area contributed by atoms with Gasteiger partial charge in [-0.15, -0.1) is 4.57 Å². The van der Waals surface area contributed by atoms with Gasteiger partial charge in [0, 0.05) is 17.8 Å². The molecular weight excluding hydrogens is 434 g/mol. The Bertz CT molecular complexity index is 1300. The molecule has 7 rings (SSSR count). The smallest absolute Gasteiger partial charge is 0.338 e. The number of ether oxygens (including phenoxy) is 1. The van der Waals surface area contributed by atoms with Crippen molar-refractivity contribution in [2.45, 2.75) is 52.1 Å². The molecule has 0 atom stereocenters. The molecule has 4 aliphatic carbocycles. The number of hydrogen-bond acceptors (Lipinski definition) is 6. The minimum Gasteiger partial charge on any atom is -0.456 e. The van der Waals surface area contributed by atoms with E-state index in [0.29, 0.717) is 46.1 Å². The van der Waals surface area contributed by atoms with E-state index in [1.807, 2.05) is 0 Å². The summed E-state index contributed by atoms with van der Waals surface area (Å²) < 4.78 is 11.7. The van der Waals surface area contributed by atoms with E-state index < -0.39 is 5.97 Å². The third-order valence-corrected chi connectivity index (χ3v) is 7.77. The molecule has 1 N–H and O–H groups in total. The van der Waals surface area contributed by atoms with Crippen LogP contribution in [0.25, 0.3) is 5.65 Å². The number of fused-ring (bicyclic) bond motifs is 1. The number of esters is 1. The predicted molar refractivity (Wildman–Crippen MR) is 123 cm³/mol. The number of carbonyl (C=O) groups is 2. The number of hydrogen-bond donors (Lipinski definition) is 1. The van der Waals surface area contributed by atoms with Crippen LogP contribution in [-0.2, 0) is 16.1 Å². The molecule has 0 spiro atoms. The number of rotatable bonds is 5. The van der Waals surface area contributed by atoms with Gasteiger partial charge in [0.2, 0.25) is 5.91 Å². The first-order chi connectivity index (χ1) is 16.4. The minimum absolute atomic E-state index is 0.126. The Kier molecular flexibility index (Phi) is 4.86. The first-order valence-corrected chi connectivity index (χ1v) is 12.0. The molecule has 3 aromatic rings. The minimum atomic E-state index is -0.524. The largest absolute Gasteiger partial charge is 0.456 e. The number of carbonyl (C=O) groups excluding carboxylic acids is 2. The Labute approximate surface area is 196 Å². The Morgan fingerprint density at radius 3 is 2.38 bits per heavy atom. The second kappa shape index (κ2) is 7.82. The lowest BCUT2D eigenvalue weighted by atomic mass is 9.49. The summed E-state index contributed by atoms with van der Waals surface area (Å²) in [5.74, 6) is 2.29. The summed E-state index contributed by atoms with van der Waals surface area (Å²) >= 11 is 0. The van der Waals surface area contributed by atoms with Gasteiger partial charge in [0.05, 0.1) is 16.7 Å². The highest BCUT2D eigenvalue weighted by molar-refractivity contribution is 5.96. The summed E-state index contributed by atoms with van der Waals surface area (Å²) in [5.41, 5.74) is 1.18. The van der Waals surface area contributed by atoms with E-state index in [9.17, 15) is 14.4 Å². The number of aryl methyl sites for hydroxylation is 1. The van der Waals surface area contributed by atoms with Crippen molar-refractivity contribution in [3.63, 3.8) is 0 Å². The standard InChI is InChI=1S/C26H27N3O5/c1-15-6-22-27-21(10-23(30)29(22)34-15)14-33-24(31)19-2-4-20(5-3-19)28-25(32)26-11-16-7-17(12-26)9-18(8-16)13-26/h2-6,10,16-18H,7-9,11-14H2,1H3,(H,28,32). The fourth-order valence-corrected chi connectivity index (χ4v) is 6.71. The van der Waals surface area contributed by atoms with Gasteiger partial charge in [0.15, 0.2) is 5.65 Å². The molecule has 4 bridgehead atoms. The molecule has 2 heterocycles. The van der Waals surface area contributed by atoms with Gasteiger partial charge in [0.1, 0.15) is 12.4 Å². The molecular formula is C26H27N3O5. The summed E-state index contributed by atoms with van der Waals surface area (Å²) in [6.07, 6.45) is 6.92. The van der Waals surface area contributed by atoms with Crippen LogP contribution in [0.1, 0.15) is 60.3 Å². The van der Waals surface area contributed by atoms with Crippen molar-refractivity contribution >= 4 is 23.2 Å². The molecule has 0 unspecified atom stereocenters. The van der Waals surface area contributed by atoms with Gasteiger partial charge in [-0.25, -0.2) is 9.78 Å². The van der Waals surface area contributed by atoms with E-state index in [2.05, 4.69) is 10.3 Å². The van der Waals surface area contributed by atoms with E-state index >= 15 is 0 Å². The van der Waals surface area contributed by atoms with Gasteiger partial charge >= 0.3 is 5.97 Å². The van der Waals surface area contributed by atoms with Crippen LogP contribution in [0.2, 0.25) is 0 Å². The van der Waals surface area contributed by atoms with Crippen LogP contribution >= 0.6 is 0 Å². The highest BCUT2D eigenvalue weighted by atomic mass is 16.5. The fourth-order valence-electron chi connectivity index (χ4n) is 6.71. The van der Waals surface area contributed by atoms with Crippen LogP contribution in [0.4, 0.5) is 5.69 Å². The van der Waals surface area contributed by atoms with Crippen LogP contribution in [0.3, 0.4) is 0 Å². The predicted octanol–water partition coefficient (Wildman–Crippen LogP) is 4.11. The molecule has 4 saturated carbocycles. The molecule has 176 valence electrons. The maximum Gasteiger partial charge on any atom is 0.338 e. The number of benzene rings is 1. The number of anilines is 1. The molecule has 34 heavy (non-hydrogen) atoms. The second-order valence-electron chi connectivity index (χ2n) is 10.4. The van der Waals surface area contributed by atoms with Crippen molar-refractivity contribution in [3.05, 3.63) is 63.8 Å². The van der Waals surface area contributed by atoms with Crippen LogP contribution in [0.15, 0.2) is 45.7 Å². The average Bonchev–Trinajstić information content (AvgIpc) is 3.18. The maximum absolute atomic E-state index is 13.2. The van der Waals surface area contributed by atoms with Gasteiger partial charge in [-0.3, -0.25) is 9.59 Å². The molecule has 1 aromatic carbocycles. The Morgan fingerprint density at radius 1 is 1.09 bits per heavy atom. The van der Waals surface area contributed by atoms with E-state index in [4.69, 9.17) is 9.26 Å². The van der Waals surface area contributed by atoms with Crippen molar-refractivity contribution in [1.82, 2.24) is 9.56 Å². The topological polar surface area (TPSA) is 103 Å². The van der Waals surface area contributed by atoms with Crippen molar-refractivity contribution in [3.8, 4) is 0 Å². The first-order valence-electron chi connectivity index (χ1n) is 12.0. The lowest BCUT2D eigenvalue weighted by Crippen LogP contribution is -2.51. The first kappa shape index (κ1) is 21.1. The van der Waals surface area contributed by atoms with Crippen LogP contribution in [0, 0.1) is 30.1 Å². The molecule has 2 aromatic heterocycles. The number of nitrogens with zero attached hydrogens (tertiary/aromatic N) is 2. The second-order valence-corrected chi connectivity index (χ2v) is 10.4. The van der Waals surface area contributed by atoms with Crippen LogP contribution in [0.5, 0.6) is 0 Å². The quantitative estimate of drug-likeness (QED) is 0.574. The van der Waals surface area contributed by atoms with E-state index in [-0.39, 0.29) is 23.5 Å². The molecule has 0 radical (unpaired) electrons. The lowest BCUT2D eigenvalue weighted by Gasteiger charge is -2.55. The summed E-state index contributed by atoms with van der Waals surface area (Å²) in [6.45, 7) is 1.60. The zero-order valence-corrected chi connectivity index (χ0v) is 19.1. The molecule has 8 nitrogen and oxygen atoms in total. The van der Waals surface area contributed by atoms with Crippen LogP contribution in [-0.4, -0.2) is 21.4 Å². The van der Waals surface area contributed by atoms with Crippen molar-refractivity contribution in [1.29, 1.82) is 0 Å². The normalized spacial score (nSPS) is 27.1. The molecule has 4 aliphatic rings. The highest BCUT2D eigenvalue weighted by Crippen LogP contribution is 2.60. The number of nitrogens with one attached hydrogen (secondary N) is 1. The Balaban J connectivity index is 1.09. The molecule has 0 aliphatic heterocycles. The highest BCUT2D eigenvalue weighted by Gasteiger charge is 2.54. The summed E-state index contributed by atoms with van der Waals surface area (Å²) in [6, 6.07) is 9.68. The monoisotopic (exact) mass is 461 g/mol. The third kappa shape index (κ3) is 3.71. The average molecular weight is 462 g/mol. The van der Waals surface area contributed by atoms with E-state index in [1.165, 1.54) is 25.3 Å². The third-order valence-electron chi connectivity index (χ3n) is 7.77. The van der Waals surface area contributed by atoms with Crippen LogP contribution < -0.4 is 10.9 Å². The number of amides is 1. The summed E-state index contributed by atoms with van der Waals surface area (Å²) in [5, 5.41) is 3.10. The summed E-state index contributed by atoms with van der Waals surface area (Å²) in [4.78, 5) is 42.1. The molecule has 8 heteroatoms. The lowest BCUT2D eigenvalue weighted by molar-refractivity contribution is -0.140. The van der Waals surface area contributed by atoms with Gasteiger partial charge in [-0.2, -0.15) is 0 Å².